The number of ether oxygens (including phenoxy) is 1. The Labute approximate surface area is 179 Å². The van der Waals surface area contributed by atoms with E-state index in [1.807, 2.05) is 59.1 Å². The maximum atomic E-state index is 13.2. The second-order valence-corrected chi connectivity index (χ2v) is 8.06. The molecule has 162 valence electrons. The lowest BCUT2D eigenvalue weighted by molar-refractivity contribution is -0.141. The lowest BCUT2D eigenvalue weighted by atomic mass is 10.1. The molecule has 0 radical (unpaired) electrons. The van der Waals surface area contributed by atoms with Crippen molar-refractivity contribution < 1.29 is 14.3 Å². The van der Waals surface area contributed by atoms with Gasteiger partial charge in [-0.25, -0.2) is 0 Å². The van der Waals surface area contributed by atoms with Gasteiger partial charge in [0.15, 0.2) is 0 Å². The lowest BCUT2D eigenvalue weighted by Crippen LogP contribution is -2.44. The molecule has 0 N–H and O–H groups in total. The molecule has 0 unspecified atom stereocenters. The molecule has 1 aliphatic carbocycles. The van der Waals surface area contributed by atoms with Crippen molar-refractivity contribution in [2.24, 2.45) is 7.05 Å². The lowest BCUT2D eigenvalue weighted by Gasteiger charge is -2.28. The number of carbonyl (C=O) groups is 2. The zero-order valence-electron chi connectivity index (χ0n) is 18.3. The molecule has 3 rings (SSSR count). The van der Waals surface area contributed by atoms with E-state index >= 15 is 0 Å². The summed E-state index contributed by atoms with van der Waals surface area (Å²) in [5.41, 5.74) is 2.04. The summed E-state index contributed by atoms with van der Waals surface area (Å²) in [5.74, 6) is 0.805. The molecule has 6 heteroatoms. The standard InChI is InChI=1S/C24H33N3O3/c1-4-5-15-26(23(28)16-19-8-12-22(30-3)13-9-19)18-24(29)27(20-10-11-20)17-21-7-6-14-25(21)2/h6-9,12-14,20H,4-5,10-11,15-18H2,1-3H3. The maximum Gasteiger partial charge on any atom is 0.242 e. The predicted octanol–water partition coefficient (Wildman–Crippen LogP) is 3.40. The molecule has 0 spiro atoms. The van der Waals surface area contributed by atoms with Crippen molar-refractivity contribution >= 4 is 11.8 Å². The van der Waals surface area contributed by atoms with Gasteiger partial charge in [0.25, 0.3) is 0 Å². The normalized spacial score (nSPS) is 13.2. The van der Waals surface area contributed by atoms with E-state index < -0.39 is 0 Å². The van der Waals surface area contributed by atoms with Gasteiger partial charge in [0.1, 0.15) is 5.75 Å². The fraction of sp³-hybridized carbons (Fsp3) is 0.500. The fourth-order valence-electron chi connectivity index (χ4n) is 3.57. The van der Waals surface area contributed by atoms with Crippen molar-refractivity contribution in [2.75, 3.05) is 20.2 Å². The Hall–Kier alpha value is -2.76. The number of amides is 2. The molecule has 2 aromatic rings. The molecule has 1 saturated carbocycles. The van der Waals surface area contributed by atoms with E-state index in [0.717, 1.165) is 42.7 Å². The van der Waals surface area contributed by atoms with Gasteiger partial charge < -0.3 is 19.1 Å². The summed E-state index contributed by atoms with van der Waals surface area (Å²) < 4.78 is 7.23. The molecule has 0 aliphatic heterocycles. The van der Waals surface area contributed by atoms with Crippen molar-refractivity contribution in [3.63, 3.8) is 0 Å². The van der Waals surface area contributed by atoms with E-state index in [9.17, 15) is 9.59 Å². The summed E-state index contributed by atoms with van der Waals surface area (Å²) in [6, 6.07) is 11.9. The van der Waals surface area contributed by atoms with E-state index in [-0.39, 0.29) is 18.4 Å². The van der Waals surface area contributed by atoms with Crippen LogP contribution in [0, 0.1) is 0 Å². The van der Waals surface area contributed by atoms with Crippen LogP contribution in [-0.4, -0.2) is 52.4 Å². The van der Waals surface area contributed by atoms with Crippen LogP contribution in [-0.2, 0) is 29.6 Å². The number of nitrogens with zero attached hydrogens (tertiary/aromatic N) is 3. The van der Waals surface area contributed by atoms with E-state index in [4.69, 9.17) is 4.74 Å². The first-order chi connectivity index (χ1) is 14.5. The van der Waals surface area contributed by atoms with Gasteiger partial charge in [-0.05, 0) is 49.1 Å². The monoisotopic (exact) mass is 411 g/mol. The SMILES string of the molecule is CCCCN(CC(=O)N(Cc1cccn1C)C1CC1)C(=O)Cc1ccc(OC)cc1. The molecular weight excluding hydrogens is 378 g/mol. The number of methoxy groups -OCH3 is 1. The van der Waals surface area contributed by atoms with Gasteiger partial charge in [-0.3, -0.25) is 9.59 Å². The second-order valence-electron chi connectivity index (χ2n) is 8.06. The largest absolute Gasteiger partial charge is 0.497 e. The Kier molecular flexibility index (Phi) is 7.55. The summed E-state index contributed by atoms with van der Waals surface area (Å²) in [4.78, 5) is 29.9. The molecule has 0 atom stereocenters. The van der Waals surface area contributed by atoms with Crippen LogP contribution < -0.4 is 4.74 Å². The number of hydrogen-bond acceptors (Lipinski definition) is 3. The van der Waals surface area contributed by atoms with Gasteiger partial charge >= 0.3 is 0 Å². The van der Waals surface area contributed by atoms with Crippen LogP contribution in [0.5, 0.6) is 5.75 Å². The van der Waals surface area contributed by atoms with Gasteiger partial charge in [-0.2, -0.15) is 0 Å². The van der Waals surface area contributed by atoms with Gasteiger partial charge in [0.05, 0.1) is 26.6 Å². The summed E-state index contributed by atoms with van der Waals surface area (Å²) in [7, 11) is 3.62. The number of rotatable bonds is 11. The van der Waals surface area contributed by atoms with Gasteiger partial charge in [-0.15, -0.1) is 0 Å². The highest BCUT2D eigenvalue weighted by atomic mass is 16.5. The van der Waals surface area contributed by atoms with E-state index in [2.05, 4.69) is 6.92 Å². The highest BCUT2D eigenvalue weighted by molar-refractivity contribution is 5.86. The summed E-state index contributed by atoms with van der Waals surface area (Å²) >= 11 is 0. The van der Waals surface area contributed by atoms with Crippen molar-refractivity contribution in [2.45, 2.75) is 51.6 Å². The highest BCUT2D eigenvalue weighted by Crippen LogP contribution is 2.28. The quantitative estimate of drug-likeness (QED) is 0.570. The Morgan fingerprint density at radius 3 is 2.43 bits per heavy atom. The first-order valence-corrected chi connectivity index (χ1v) is 10.8. The minimum atomic E-state index is -0.00317. The van der Waals surface area contributed by atoms with Gasteiger partial charge in [0.2, 0.25) is 11.8 Å². The highest BCUT2D eigenvalue weighted by Gasteiger charge is 2.34. The van der Waals surface area contributed by atoms with Crippen molar-refractivity contribution in [3.8, 4) is 5.75 Å². The first-order valence-electron chi connectivity index (χ1n) is 10.8. The molecule has 1 aromatic carbocycles. The summed E-state index contributed by atoms with van der Waals surface area (Å²) in [5, 5.41) is 0. The minimum absolute atomic E-state index is 0.00317. The van der Waals surface area contributed by atoms with Crippen LogP contribution in [0.3, 0.4) is 0 Å². The summed E-state index contributed by atoms with van der Waals surface area (Å²) in [6.45, 7) is 3.46. The third kappa shape index (κ3) is 5.88. The Morgan fingerprint density at radius 1 is 1.13 bits per heavy atom. The molecule has 6 nitrogen and oxygen atoms in total. The number of aryl methyl sites for hydroxylation is 1. The molecule has 0 saturated heterocycles. The van der Waals surface area contributed by atoms with Crippen LogP contribution in [0.1, 0.15) is 43.9 Å². The third-order valence-electron chi connectivity index (χ3n) is 5.67. The van der Waals surface area contributed by atoms with Crippen molar-refractivity contribution in [1.82, 2.24) is 14.4 Å². The number of aromatic nitrogens is 1. The zero-order chi connectivity index (χ0) is 21.5. The van der Waals surface area contributed by atoms with Crippen molar-refractivity contribution in [3.05, 3.63) is 53.9 Å². The van der Waals surface area contributed by atoms with Crippen molar-refractivity contribution in [1.29, 1.82) is 0 Å². The Bertz CT molecular complexity index is 840. The first kappa shape index (κ1) is 21.9. The van der Waals surface area contributed by atoms with Crippen LogP contribution in [0.4, 0.5) is 0 Å². The molecule has 0 bridgehead atoms. The summed E-state index contributed by atoms with van der Waals surface area (Å²) in [6.07, 6.45) is 6.26. The zero-order valence-corrected chi connectivity index (χ0v) is 18.3. The second kappa shape index (κ2) is 10.3. The van der Waals surface area contributed by atoms with Crippen LogP contribution in [0.25, 0.3) is 0 Å². The third-order valence-corrected chi connectivity index (χ3v) is 5.67. The number of benzene rings is 1. The molecule has 1 aliphatic rings. The van der Waals surface area contributed by atoms with Gasteiger partial charge in [0, 0.05) is 31.5 Å². The van der Waals surface area contributed by atoms with Gasteiger partial charge in [-0.1, -0.05) is 25.5 Å². The number of unbranched alkanes of at least 4 members (excludes halogenated alkanes) is 1. The average Bonchev–Trinajstić information content (AvgIpc) is 3.51. The Morgan fingerprint density at radius 2 is 1.87 bits per heavy atom. The molecule has 1 fully saturated rings. The van der Waals surface area contributed by atoms with Crippen LogP contribution in [0.2, 0.25) is 0 Å². The molecule has 2 amide bonds. The van der Waals surface area contributed by atoms with E-state index in [1.165, 1.54) is 0 Å². The van der Waals surface area contributed by atoms with Crippen LogP contribution >= 0.6 is 0 Å². The topological polar surface area (TPSA) is 54.8 Å². The number of hydrogen-bond donors (Lipinski definition) is 0. The number of carbonyl (C=O) groups excluding carboxylic acids is 2. The molecule has 1 aromatic heterocycles. The van der Waals surface area contributed by atoms with E-state index in [1.54, 1.807) is 12.0 Å². The smallest absolute Gasteiger partial charge is 0.242 e. The maximum absolute atomic E-state index is 13.2. The predicted molar refractivity (Wildman–Crippen MR) is 117 cm³/mol. The Balaban J connectivity index is 1.66. The average molecular weight is 412 g/mol. The minimum Gasteiger partial charge on any atom is -0.497 e. The fourth-order valence-corrected chi connectivity index (χ4v) is 3.57. The molecule has 30 heavy (non-hydrogen) atoms. The van der Waals surface area contributed by atoms with Crippen LogP contribution in [0.15, 0.2) is 42.6 Å². The molecular formula is C24H33N3O3. The van der Waals surface area contributed by atoms with E-state index in [0.29, 0.717) is 25.6 Å². The molecule has 1 heterocycles.